The summed E-state index contributed by atoms with van der Waals surface area (Å²) in [5, 5.41) is 35.2. The number of ether oxygens (including phenoxy) is 2. The predicted molar refractivity (Wildman–Crippen MR) is 189 cm³/mol. The molecule has 1 saturated heterocycles. The number of rotatable bonds is 11. The summed E-state index contributed by atoms with van der Waals surface area (Å²) >= 11 is 1.49. The first kappa shape index (κ1) is 33.2. The van der Waals surface area contributed by atoms with E-state index in [0.29, 0.717) is 29.4 Å². The van der Waals surface area contributed by atoms with Gasteiger partial charge in [-0.3, -0.25) is 4.79 Å². The van der Waals surface area contributed by atoms with E-state index in [2.05, 4.69) is 39.0 Å². The summed E-state index contributed by atoms with van der Waals surface area (Å²) in [5.74, 6) is 0.622. The number of phenolic OH excluding ortho intramolecular Hbond substituents is 1. The number of carbonyl (C=O) groups is 1. The van der Waals surface area contributed by atoms with Crippen LogP contribution in [-0.4, -0.2) is 48.2 Å². The number of tetrazole rings is 1. The highest BCUT2D eigenvalue weighted by Gasteiger charge is 2.33. The second-order valence-electron chi connectivity index (χ2n) is 11.9. The molecule has 1 aliphatic rings. The zero-order chi connectivity index (χ0) is 34.3. The molecule has 10 nitrogen and oxygen atoms in total. The van der Waals surface area contributed by atoms with E-state index >= 15 is 0 Å². The summed E-state index contributed by atoms with van der Waals surface area (Å²) in [7, 11) is 0. The molecule has 1 aliphatic heterocycles. The first-order valence-corrected chi connectivity index (χ1v) is 17.3. The number of aromatic hydroxyl groups is 1. The third-order valence-corrected chi connectivity index (χ3v) is 9.59. The van der Waals surface area contributed by atoms with Crippen LogP contribution < -0.4 is 5.32 Å². The molecule has 1 fully saturated rings. The maximum Gasteiger partial charge on any atom is 0.251 e. The van der Waals surface area contributed by atoms with E-state index in [-0.39, 0.29) is 30.5 Å². The van der Waals surface area contributed by atoms with Crippen LogP contribution >= 0.6 is 11.8 Å². The Morgan fingerprint density at radius 2 is 1.56 bits per heavy atom. The molecule has 7 rings (SSSR count). The van der Waals surface area contributed by atoms with E-state index in [1.54, 1.807) is 41.1 Å². The number of hydrogen-bond donors (Lipinski definition) is 3. The molecule has 3 atom stereocenters. The zero-order valence-electron chi connectivity index (χ0n) is 27.0. The molecule has 0 spiro atoms. The van der Waals surface area contributed by atoms with Crippen molar-refractivity contribution in [2.45, 2.75) is 43.2 Å². The van der Waals surface area contributed by atoms with E-state index in [1.807, 2.05) is 72.8 Å². The smallest absolute Gasteiger partial charge is 0.251 e. The third-order valence-electron chi connectivity index (χ3n) is 8.54. The molecule has 3 N–H and O–H groups in total. The Bertz CT molecular complexity index is 2020. The number of aliphatic hydroxyl groups excluding tert-OH is 1. The van der Waals surface area contributed by atoms with Crippen LogP contribution in [0.5, 0.6) is 5.75 Å². The summed E-state index contributed by atoms with van der Waals surface area (Å²) < 4.78 is 14.8. The Balaban J connectivity index is 1.08. The van der Waals surface area contributed by atoms with Gasteiger partial charge in [-0.25, -0.2) is 0 Å². The fourth-order valence-corrected chi connectivity index (χ4v) is 6.77. The number of nitrogens with zero attached hydrogens (tertiary/aromatic N) is 4. The van der Waals surface area contributed by atoms with Crippen LogP contribution in [0.1, 0.15) is 51.4 Å². The molecule has 0 unspecified atom stereocenters. The number of phenols is 1. The Morgan fingerprint density at radius 3 is 2.32 bits per heavy atom. The van der Waals surface area contributed by atoms with Crippen molar-refractivity contribution in [2.75, 3.05) is 5.75 Å². The molecule has 0 bridgehead atoms. The van der Waals surface area contributed by atoms with Crippen molar-refractivity contribution in [1.29, 1.82) is 0 Å². The Kier molecular flexibility index (Phi) is 10.3. The molecule has 6 aromatic rings. The number of aliphatic hydroxyl groups is 1. The highest BCUT2D eigenvalue weighted by molar-refractivity contribution is 7.99. The highest BCUT2D eigenvalue weighted by atomic mass is 32.2. The molecule has 2 heterocycles. The van der Waals surface area contributed by atoms with Crippen molar-refractivity contribution < 1.29 is 24.5 Å². The van der Waals surface area contributed by atoms with Crippen molar-refractivity contribution in [3.63, 3.8) is 0 Å². The fourth-order valence-electron chi connectivity index (χ4n) is 5.86. The van der Waals surface area contributed by atoms with Crippen molar-refractivity contribution in [3.05, 3.63) is 155 Å². The van der Waals surface area contributed by atoms with E-state index in [9.17, 15) is 15.0 Å². The van der Waals surface area contributed by atoms with Gasteiger partial charge in [0.15, 0.2) is 6.29 Å². The number of hydrogen-bond acceptors (Lipinski definition) is 9. The van der Waals surface area contributed by atoms with Gasteiger partial charge >= 0.3 is 0 Å². The van der Waals surface area contributed by atoms with Gasteiger partial charge in [-0.1, -0.05) is 103 Å². The van der Waals surface area contributed by atoms with Crippen molar-refractivity contribution in [3.8, 4) is 22.6 Å². The fraction of sp³-hybridized carbons (Fsp3) is 0.179. The average Bonchev–Trinajstić information content (AvgIpc) is 3.65. The van der Waals surface area contributed by atoms with E-state index in [0.717, 1.165) is 39.1 Å². The first-order valence-electron chi connectivity index (χ1n) is 16.3. The molecule has 11 heteroatoms. The highest BCUT2D eigenvalue weighted by Crippen LogP contribution is 2.40. The molecule has 5 aromatic carbocycles. The topological polar surface area (TPSA) is 132 Å². The molecule has 252 valence electrons. The van der Waals surface area contributed by atoms with Gasteiger partial charge in [0.2, 0.25) is 5.16 Å². The molecule has 50 heavy (non-hydrogen) atoms. The normalized spacial score (nSPS) is 17.3. The number of benzene rings is 5. The van der Waals surface area contributed by atoms with Gasteiger partial charge in [0.1, 0.15) is 5.75 Å². The van der Waals surface area contributed by atoms with Crippen molar-refractivity contribution >= 4 is 17.7 Å². The van der Waals surface area contributed by atoms with Gasteiger partial charge in [0.05, 0.1) is 24.5 Å². The van der Waals surface area contributed by atoms with Gasteiger partial charge in [0.25, 0.3) is 5.91 Å². The molecular weight excluding hydrogens is 651 g/mol. The summed E-state index contributed by atoms with van der Waals surface area (Å²) in [5.41, 5.74) is 7.12. The summed E-state index contributed by atoms with van der Waals surface area (Å²) in [4.78, 5) is 12.7. The molecule has 0 aliphatic carbocycles. The van der Waals surface area contributed by atoms with Crippen LogP contribution in [0.4, 0.5) is 0 Å². The number of nitrogens with one attached hydrogen (secondary N) is 1. The van der Waals surface area contributed by atoms with Crippen LogP contribution in [0.15, 0.2) is 133 Å². The van der Waals surface area contributed by atoms with Gasteiger partial charge in [0, 0.05) is 29.8 Å². The average molecular weight is 686 g/mol. The summed E-state index contributed by atoms with van der Waals surface area (Å²) in [6.45, 7) is 0.369. The van der Waals surface area contributed by atoms with Gasteiger partial charge < -0.3 is 25.0 Å². The third kappa shape index (κ3) is 7.77. The van der Waals surface area contributed by atoms with Crippen LogP contribution in [0.2, 0.25) is 0 Å². The molecule has 0 saturated carbocycles. The van der Waals surface area contributed by atoms with Crippen molar-refractivity contribution in [1.82, 2.24) is 25.5 Å². The molecule has 1 amide bonds. The Morgan fingerprint density at radius 1 is 0.840 bits per heavy atom. The Labute approximate surface area is 293 Å². The molecular formula is C39H35N5O5S. The second kappa shape index (κ2) is 15.5. The van der Waals surface area contributed by atoms with E-state index in [4.69, 9.17) is 9.47 Å². The number of carbonyl (C=O) groups excluding carboxylic acids is 1. The lowest BCUT2D eigenvalue weighted by Crippen LogP contribution is -2.31. The number of amides is 1. The lowest BCUT2D eigenvalue weighted by molar-refractivity contribution is -0.245. The standard InChI is InChI=1S/C39H35N5O5S/c45-24-26-10-12-28(13-11-26)36-22-34(25-50-39-41-42-43-44(39)32-18-20-33(46)21-19-32)48-38(49-36)30-16-14-27(15-17-30)35-9-5-4-8-31(35)23-40-37(47)29-6-2-1-3-7-29/h1-21,34,36,38,45-46H,22-25H2,(H,40,47)/t34-,36+,38+/m1/s1. The number of thioether (sulfide) groups is 1. The minimum absolute atomic E-state index is 0.0264. The predicted octanol–water partition coefficient (Wildman–Crippen LogP) is 6.79. The first-order chi connectivity index (χ1) is 24.5. The second-order valence-corrected chi connectivity index (χ2v) is 12.9. The van der Waals surface area contributed by atoms with Gasteiger partial charge in [-0.15, -0.1) is 5.10 Å². The number of aromatic nitrogens is 4. The van der Waals surface area contributed by atoms with Crippen LogP contribution in [-0.2, 0) is 22.6 Å². The van der Waals surface area contributed by atoms with Gasteiger partial charge in [-0.05, 0) is 74.6 Å². The Hall–Kier alpha value is -5.33. The van der Waals surface area contributed by atoms with E-state index < -0.39 is 6.29 Å². The van der Waals surface area contributed by atoms with Crippen LogP contribution in [0, 0.1) is 0 Å². The lowest BCUT2D eigenvalue weighted by Gasteiger charge is -2.36. The molecule has 0 radical (unpaired) electrons. The minimum Gasteiger partial charge on any atom is -0.508 e. The lowest BCUT2D eigenvalue weighted by atomic mass is 9.97. The molecule has 1 aromatic heterocycles. The maximum atomic E-state index is 12.7. The van der Waals surface area contributed by atoms with Crippen LogP contribution in [0.3, 0.4) is 0 Å². The zero-order valence-corrected chi connectivity index (χ0v) is 27.8. The largest absolute Gasteiger partial charge is 0.508 e. The summed E-state index contributed by atoms with van der Waals surface area (Å²) in [6.07, 6.45) is -0.448. The van der Waals surface area contributed by atoms with Crippen molar-refractivity contribution in [2.24, 2.45) is 0 Å². The summed E-state index contributed by atoms with van der Waals surface area (Å²) in [6, 6.07) is 39.9. The minimum atomic E-state index is -0.626. The SMILES string of the molecule is O=C(NCc1ccccc1-c1ccc([C@H]2O[C@@H](CSc3nnnn3-c3ccc(O)cc3)C[C@@H](c3ccc(CO)cc3)O2)cc1)c1ccccc1. The van der Waals surface area contributed by atoms with Crippen LogP contribution in [0.25, 0.3) is 16.8 Å². The quantitative estimate of drug-likeness (QED) is 0.126. The monoisotopic (exact) mass is 685 g/mol. The maximum absolute atomic E-state index is 12.7. The van der Waals surface area contributed by atoms with E-state index in [1.165, 1.54) is 11.8 Å². The van der Waals surface area contributed by atoms with Gasteiger partial charge in [-0.2, -0.15) is 4.68 Å².